The van der Waals surface area contributed by atoms with Crippen molar-refractivity contribution in [1.29, 1.82) is 0 Å². The molecular formula is C39H47F3N4O2S2. The number of sulfonamides is 1. The number of fused-ring (bicyclic) bond motifs is 1. The molecule has 5 rings (SSSR count). The van der Waals surface area contributed by atoms with E-state index in [2.05, 4.69) is 120 Å². The molecule has 0 bridgehead atoms. The Morgan fingerprint density at radius 2 is 1.26 bits per heavy atom. The molecule has 2 N–H and O–H groups in total. The lowest BCUT2D eigenvalue weighted by Gasteiger charge is -2.26. The Morgan fingerprint density at radius 1 is 0.740 bits per heavy atom. The summed E-state index contributed by atoms with van der Waals surface area (Å²) in [6.45, 7) is 13.4. The van der Waals surface area contributed by atoms with E-state index in [9.17, 15) is 21.6 Å². The van der Waals surface area contributed by atoms with Crippen LogP contribution in [0.25, 0.3) is 22.2 Å². The Hall–Kier alpha value is -3.93. The van der Waals surface area contributed by atoms with Gasteiger partial charge in [0.15, 0.2) is 0 Å². The van der Waals surface area contributed by atoms with E-state index < -0.39 is 15.5 Å². The highest BCUT2D eigenvalue weighted by Crippen LogP contribution is 2.43. The molecule has 1 aromatic heterocycles. The maximum atomic E-state index is 12.6. The summed E-state index contributed by atoms with van der Waals surface area (Å²) in [6.07, 6.45) is 0.498. The Labute approximate surface area is 299 Å². The van der Waals surface area contributed by atoms with Crippen molar-refractivity contribution in [3.05, 3.63) is 120 Å². The molecule has 0 aliphatic heterocycles. The van der Waals surface area contributed by atoms with E-state index in [4.69, 9.17) is 0 Å². The predicted octanol–water partition coefficient (Wildman–Crippen LogP) is 10.2. The maximum Gasteiger partial charge on any atom is 0.512 e. The van der Waals surface area contributed by atoms with Crippen molar-refractivity contribution in [1.82, 2.24) is 9.11 Å². The Bertz CT molecular complexity index is 1880. The van der Waals surface area contributed by atoms with Crippen LogP contribution in [0, 0.1) is 0 Å². The number of halogens is 3. The molecule has 1 heterocycles. The highest BCUT2D eigenvalue weighted by atomic mass is 32.3. The lowest BCUT2D eigenvalue weighted by molar-refractivity contribution is -0.0440. The van der Waals surface area contributed by atoms with Crippen LogP contribution in [0.1, 0.15) is 63.6 Å². The number of para-hydroxylation sites is 1. The van der Waals surface area contributed by atoms with Crippen molar-refractivity contribution in [2.75, 3.05) is 41.7 Å². The number of aromatic amines is 1. The number of hydrogen-bond donors (Lipinski definition) is 2. The second kappa shape index (κ2) is 17.8. The van der Waals surface area contributed by atoms with E-state index in [1.807, 2.05) is 32.9 Å². The smallest absolute Gasteiger partial charge is 0.372 e. The number of nitrogens with one attached hydrogen (secondary N) is 2. The minimum atomic E-state index is -5.36. The molecule has 0 fully saturated rings. The zero-order valence-corrected chi connectivity index (χ0v) is 30.9. The Balaban J connectivity index is 0.00000276. The van der Waals surface area contributed by atoms with Crippen LogP contribution in [0.4, 0.5) is 24.5 Å². The number of alkyl halides is 3. The predicted molar refractivity (Wildman–Crippen MR) is 206 cm³/mol. The molecule has 0 saturated heterocycles. The average molecular weight is 725 g/mol. The van der Waals surface area contributed by atoms with Gasteiger partial charge in [-0.05, 0) is 79.8 Å². The number of rotatable bonds is 15. The summed E-state index contributed by atoms with van der Waals surface area (Å²) < 4.78 is 62.0. The molecule has 6 nitrogen and oxygen atoms in total. The van der Waals surface area contributed by atoms with Gasteiger partial charge >= 0.3 is 15.5 Å². The Kier molecular flexibility index (Phi) is 13.9. The highest BCUT2D eigenvalue weighted by Gasteiger charge is 2.45. The summed E-state index contributed by atoms with van der Waals surface area (Å²) in [7, 11) is -5.36. The van der Waals surface area contributed by atoms with E-state index in [1.54, 1.807) is 4.13 Å². The van der Waals surface area contributed by atoms with Crippen molar-refractivity contribution in [3.8, 4) is 11.3 Å². The minimum Gasteiger partial charge on any atom is -0.372 e. The molecule has 11 heteroatoms. The summed E-state index contributed by atoms with van der Waals surface area (Å²) in [5.74, 6) is 0.127. The molecule has 0 aliphatic carbocycles. The molecule has 4 aromatic carbocycles. The van der Waals surface area contributed by atoms with Gasteiger partial charge in [0.25, 0.3) is 0 Å². The zero-order chi connectivity index (χ0) is 36.3. The minimum absolute atomic E-state index is 0.0794. The second-order valence-electron chi connectivity index (χ2n) is 11.4. The largest absolute Gasteiger partial charge is 0.512 e. The molecule has 0 saturated carbocycles. The van der Waals surface area contributed by atoms with Crippen molar-refractivity contribution < 1.29 is 21.6 Å². The summed E-state index contributed by atoms with van der Waals surface area (Å²) in [4.78, 5) is 8.18. The van der Waals surface area contributed by atoms with Gasteiger partial charge in [-0.25, -0.2) is 8.42 Å². The van der Waals surface area contributed by atoms with Gasteiger partial charge in [-0.3, -0.25) is 0 Å². The lowest BCUT2D eigenvalue weighted by atomic mass is 9.82. The van der Waals surface area contributed by atoms with E-state index in [1.165, 1.54) is 16.8 Å². The van der Waals surface area contributed by atoms with E-state index in [0.29, 0.717) is 31.5 Å². The standard InChI is InChI=1S/C37H41F3N4O2S2.C2H6/c1-4-43(5-2)30-21-17-27(18-22-30)34(35-32-15-10-11-16-33(32)41-36(35)29-13-8-7-9-14-29)28-19-23-31(24-20-28)44(6-3)25-12-26-47-42-48(45,46)37(38,39)40;1-2/h7-11,13-24,34,41-42H,4-6,12,25-26H2,1-3H3;1-2H3. The molecular weight excluding hydrogens is 678 g/mol. The SMILES string of the molecule is CC.CCN(CC)c1ccc(C(c2ccc(N(CC)CCCSNS(=O)(=O)C(F)(F)F)cc2)c2c(-c3ccccc3)[nH]c3ccccc23)cc1. The number of anilines is 2. The first-order valence-electron chi connectivity index (χ1n) is 17.1. The van der Waals surface area contributed by atoms with E-state index >= 15 is 0 Å². The van der Waals surface area contributed by atoms with Crippen LogP contribution in [-0.2, 0) is 10.0 Å². The van der Waals surface area contributed by atoms with Crippen LogP contribution < -0.4 is 13.9 Å². The van der Waals surface area contributed by atoms with E-state index in [0.717, 1.165) is 46.5 Å². The van der Waals surface area contributed by atoms with Crippen LogP contribution in [0.2, 0.25) is 0 Å². The fourth-order valence-corrected chi connectivity index (χ4v) is 7.73. The fraction of sp³-hybridized carbons (Fsp3) is 0.333. The molecule has 0 spiro atoms. The van der Waals surface area contributed by atoms with Crippen LogP contribution in [0.15, 0.2) is 103 Å². The number of aromatic nitrogens is 1. The number of benzene rings is 4. The fourth-order valence-electron chi connectivity index (χ4n) is 6.13. The zero-order valence-electron chi connectivity index (χ0n) is 29.3. The molecule has 0 amide bonds. The molecule has 0 radical (unpaired) electrons. The summed E-state index contributed by atoms with van der Waals surface area (Å²) >= 11 is 0.552. The maximum absolute atomic E-state index is 12.6. The van der Waals surface area contributed by atoms with Gasteiger partial charge in [0.1, 0.15) is 0 Å². The Morgan fingerprint density at radius 3 is 1.80 bits per heavy atom. The summed E-state index contributed by atoms with van der Waals surface area (Å²) in [6, 6.07) is 36.1. The van der Waals surface area contributed by atoms with Crippen LogP contribution in [0.3, 0.4) is 0 Å². The number of H-pyrrole nitrogens is 1. The molecule has 1 unspecified atom stereocenters. The average Bonchev–Trinajstić information content (AvgIpc) is 3.51. The van der Waals surface area contributed by atoms with Gasteiger partial charge < -0.3 is 14.8 Å². The van der Waals surface area contributed by atoms with Gasteiger partial charge in [0, 0.05) is 60.1 Å². The highest BCUT2D eigenvalue weighted by molar-refractivity contribution is 8.09. The first-order valence-corrected chi connectivity index (χ1v) is 19.6. The third kappa shape index (κ3) is 9.04. The first kappa shape index (κ1) is 38.9. The molecule has 0 aliphatic rings. The molecule has 5 aromatic rings. The van der Waals surface area contributed by atoms with Crippen molar-refractivity contribution in [2.45, 2.75) is 52.5 Å². The number of nitrogens with zero attached hydrogens (tertiary/aromatic N) is 2. The second-order valence-corrected chi connectivity index (χ2v) is 14.3. The van der Waals surface area contributed by atoms with Crippen LogP contribution in [-0.4, -0.2) is 50.8 Å². The topological polar surface area (TPSA) is 68.4 Å². The molecule has 50 heavy (non-hydrogen) atoms. The van der Waals surface area contributed by atoms with Crippen molar-refractivity contribution in [2.24, 2.45) is 0 Å². The van der Waals surface area contributed by atoms with Gasteiger partial charge in [-0.1, -0.05) is 98.6 Å². The molecule has 268 valence electrons. The lowest BCUT2D eigenvalue weighted by Crippen LogP contribution is -2.33. The van der Waals surface area contributed by atoms with Crippen molar-refractivity contribution in [3.63, 3.8) is 0 Å². The third-order valence-electron chi connectivity index (χ3n) is 8.57. The van der Waals surface area contributed by atoms with Crippen LogP contribution in [0.5, 0.6) is 0 Å². The normalized spacial score (nSPS) is 12.3. The van der Waals surface area contributed by atoms with E-state index in [-0.39, 0.29) is 11.7 Å². The van der Waals surface area contributed by atoms with Gasteiger partial charge in [-0.2, -0.15) is 17.3 Å². The number of hydrogen-bond acceptors (Lipinski definition) is 5. The quantitative estimate of drug-likeness (QED) is 0.0831. The molecule has 1 atom stereocenters. The first-order chi connectivity index (χ1) is 24.1. The van der Waals surface area contributed by atoms with Gasteiger partial charge in [0.2, 0.25) is 0 Å². The monoisotopic (exact) mass is 724 g/mol. The third-order valence-corrected chi connectivity index (χ3v) is 11.0. The van der Waals surface area contributed by atoms with Crippen LogP contribution >= 0.6 is 11.9 Å². The van der Waals surface area contributed by atoms with Gasteiger partial charge in [-0.15, -0.1) is 0 Å². The van der Waals surface area contributed by atoms with Crippen molar-refractivity contribution >= 4 is 44.2 Å². The summed E-state index contributed by atoms with van der Waals surface area (Å²) in [5, 5.41) is 1.16. The van der Waals surface area contributed by atoms with Gasteiger partial charge in [0.05, 0.1) is 5.69 Å². The summed E-state index contributed by atoms with van der Waals surface area (Å²) in [5.41, 5.74) is 3.60.